The maximum absolute atomic E-state index is 11.7. The van der Waals surface area contributed by atoms with Gasteiger partial charge < -0.3 is 4.90 Å². The van der Waals surface area contributed by atoms with E-state index in [2.05, 4.69) is 21.8 Å². The molecule has 108 valence electrons. The Hall–Kier alpha value is -2.43. The molecule has 1 saturated heterocycles. The highest BCUT2D eigenvalue weighted by Crippen LogP contribution is 2.26. The summed E-state index contributed by atoms with van der Waals surface area (Å²) in [6, 6.07) is 9.88. The summed E-state index contributed by atoms with van der Waals surface area (Å²) in [4.78, 5) is 18.2. The number of H-pyrrole nitrogens is 1. The number of rotatable bonds is 3. The zero-order chi connectivity index (χ0) is 14.7. The number of carbonyl (C=O) groups excluding carboxylic acids is 1. The number of hydrogen-bond acceptors (Lipinski definition) is 3. The number of piperidine rings is 1. The first kappa shape index (κ1) is 13.5. The Morgan fingerprint density at radius 2 is 2.19 bits per heavy atom. The van der Waals surface area contributed by atoms with Gasteiger partial charge in [-0.2, -0.15) is 5.10 Å². The molecule has 1 aromatic carbocycles. The van der Waals surface area contributed by atoms with Crippen molar-refractivity contribution in [2.75, 3.05) is 13.1 Å². The topological polar surface area (TPSA) is 61.9 Å². The van der Waals surface area contributed by atoms with E-state index in [0.717, 1.165) is 30.8 Å². The average Bonchev–Trinajstić information content (AvgIpc) is 3.05. The predicted molar refractivity (Wildman–Crippen MR) is 80.6 cm³/mol. The highest BCUT2D eigenvalue weighted by Gasteiger charge is 2.25. The fourth-order valence-electron chi connectivity index (χ4n) is 2.70. The molecule has 2 heterocycles. The van der Waals surface area contributed by atoms with Crippen LogP contribution in [-0.4, -0.2) is 39.1 Å². The van der Waals surface area contributed by atoms with Crippen molar-refractivity contribution in [2.45, 2.75) is 18.8 Å². The largest absolute Gasteiger partial charge is 0.338 e. The molecule has 0 radical (unpaired) electrons. The van der Waals surface area contributed by atoms with Crippen LogP contribution in [0.5, 0.6) is 0 Å². The molecule has 0 saturated carbocycles. The van der Waals surface area contributed by atoms with E-state index in [4.69, 9.17) is 0 Å². The van der Waals surface area contributed by atoms with E-state index in [0.29, 0.717) is 12.4 Å². The number of aromatic amines is 1. The number of carbonyl (C=O) groups is 1. The molecule has 0 aliphatic carbocycles. The summed E-state index contributed by atoms with van der Waals surface area (Å²) in [5, 5.41) is 7.32. The molecule has 0 bridgehead atoms. The molecule has 1 aromatic heterocycles. The fraction of sp³-hybridized carbons (Fsp3) is 0.312. The minimum absolute atomic E-state index is 0.0116. The smallest absolute Gasteiger partial charge is 0.245 e. The highest BCUT2D eigenvalue weighted by molar-refractivity contribution is 5.87. The van der Waals surface area contributed by atoms with Crippen LogP contribution in [0, 0.1) is 0 Å². The molecule has 1 N–H and O–H groups in total. The molecule has 5 heteroatoms. The van der Waals surface area contributed by atoms with E-state index >= 15 is 0 Å². The van der Waals surface area contributed by atoms with Crippen LogP contribution in [0.4, 0.5) is 0 Å². The van der Waals surface area contributed by atoms with Crippen LogP contribution in [-0.2, 0) is 4.79 Å². The SMILES string of the molecule is C=CC(=O)N1CCC[C@H](c2nc(-c3ccccc3)n[nH]2)C1. The second-order valence-corrected chi connectivity index (χ2v) is 5.24. The minimum atomic E-state index is -0.0116. The van der Waals surface area contributed by atoms with Gasteiger partial charge in [0.2, 0.25) is 5.91 Å². The molecule has 1 aliphatic rings. The molecule has 1 atom stereocenters. The summed E-state index contributed by atoms with van der Waals surface area (Å²) in [6.45, 7) is 5.02. The third kappa shape index (κ3) is 2.86. The van der Waals surface area contributed by atoms with Crippen molar-refractivity contribution in [2.24, 2.45) is 0 Å². The Labute approximate surface area is 123 Å². The summed E-state index contributed by atoms with van der Waals surface area (Å²) in [5.74, 6) is 1.77. The van der Waals surface area contributed by atoms with Crippen LogP contribution in [0.3, 0.4) is 0 Å². The Bertz CT molecular complexity index is 635. The predicted octanol–water partition coefficient (Wildman–Crippen LogP) is 2.36. The van der Waals surface area contributed by atoms with Gasteiger partial charge in [0.1, 0.15) is 5.82 Å². The Morgan fingerprint density at radius 1 is 1.38 bits per heavy atom. The van der Waals surface area contributed by atoms with Crippen LogP contribution >= 0.6 is 0 Å². The van der Waals surface area contributed by atoms with Crippen LogP contribution < -0.4 is 0 Å². The lowest BCUT2D eigenvalue weighted by atomic mass is 9.97. The average molecular weight is 282 g/mol. The fourth-order valence-corrected chi connectivity index (χ4v) is 2.70. The van der Waals surface area contributed by atoms with Crippen molar-refractivity contribution in [3.05, 3.63) is 48.8 Å². The van der Waals surface area contributed by atoms with Gasteiger partial charge in [-0.25, -0.2) is 4.98 Å². The number of likely N-dealkylation sites (tertiary alicyclic amines) is 1. The summed E-state index contributed by atoms with van der Waals surface area (Å²) in [6.07, 6.45) is 3.37. The number of nitrogens with one attached hydrogen (secondary N) is 1. The number of amides is 1. The van der Waals surface area contributed by atoms with Crippen LogP contribution in [0.25, 0.3) is 11.4 Å². The summed E-state index contributed by atoms with van der Waals surface area (Å²) >= 11 is 0. The summed E-state index contributed by atoms with van der Waals surface area (Å²) in [5.41, 5.74) is 0.995. The molecule has 1 aliphatic heterocycles. The molecule has 0 spiro atoms. The Kier molecular flexibility index (Phi) is 3.81. The van der Waals surface area contributed by atoms with Gasteiger partial charge in [0.25, 0.3) is 0 Å². The number of hydrogen-bond donors (Lipinski definition) is 1. The van der Waals surface area contributed by atoms with Gasteiger partial charge in [-0.15, -0.1) is 0 Å². The van der Waals surface area contributed by atoms with Gasteiger partial charge in [0.05, 0.1) is 0 Å². The molecular formula is C16H18N4O. The zero-order valence-corrected chi connectivity index (χ0v) is 11.8. The first-order valence-electron chi connectivity index (χ1n) is 7.17. The van der Waals surface area contributed by atoms with Crippen molar-refractivity contribution >= 4 is 5.91 Å². The first-order chi connectivity index (χ1) is 10.3. The standard InChI is InChI=1S/C16H18N4O/c1-2-14(21)20-10-6-9-13(11-20)16-17-15(18-19-16)12-7-4-3-5-8-12/h2-5,7-8,13H,1,6,9-11H2,(H,17,18,19)/t13-/m0/s1. The summed E-state index contributed by atoms with van der Waals surface area (Å²) < 4.78 is 0. The molecule has 3 rings (SSSR count). The van der Waals surface area contributed by atoms with Crippen molar-refractivity contribution in [1.82, 2.24) is 20.1 Å². The van der Waals surface area contributed by atoms with Crippen molar-refractivity contribution in [3.8, 4) is 11.4 Å². The Morgan fingerprint density at radius 3 is 2.95 bits per heavy atom. The second-order valence-electron chi connectivity index (χ2n) is 5.24. The third-order valence-electron chi connectivity index (χ3n) is 3.83. The van der Waals surface area contributed by atoms with Gasteiger partial charge in [-0.3, -0.25) is 9.89 Å². The normalized spacial score (nSPS) is 18.5. The third-order valence-corrected chi connectivity index (χ3v) is 3.83. The van der Waals surface area contributed by atoms with Crippen molar-refractivity contribution in [1.29, 1.82) is 0 Å². The lowest BCUT2D eigenvalue weighted by molar-refractivity contribution is -0.127. The van der Waals surface area contributed by atoms with Gasteiger partial charge >= 0.3 is 0 Å². The highest BCUT2D eigenvalue weighted by atomic mass is 16.2. The van der Waals surface area contributed by atoms with E-state index in [1.54, 1.807) is 0 Å². The van der Waals surface area contributed by atoms with Crippen LogP contribution in [0.15, 0.2) is 43.0 Å². The molecule has 5 nitrogen and oxygen atoms in total. The molecule has 1 fully saturated rings. The van der Waals surface area contributed by atoms with Crippen LogP contribution in [0.2, 0.25) is 0 Å². The van der Waals surface area contributed by atoms with Crippen molar-refractivity contribution in [3.63, 3.8) is 0 Å². The number of benzene rings is 1. The van der Waals surface area contributed by atoms with Gasteiger partial charge in [0.15, 0.2) is 5.82 Å². The maximum Gasteiger partial charge on any atom is 0.245 e. The molecular weight excluding hydrogens is 264 g/mol. The van der Waals surface area contributed by atoms with E-state index in [9.17, 15) is 4.79 Å². The maximum atomic E-state index is 11.7. The minimum Gasteiger partial charge on any atom is -0.338 e. The molecule has 0 unspecified atom stereocenters. The van der Waals surface area contributed by atoms with Crippen molar-refractivity contribution < 1.29 is 4.79 Å². The quantitative estimate of drug-likeness (QED) is 0.879. The zero-order valence-electron chi connectivity index (χ0n) is 11.8. The van der Waals surface area contributed by atoms with Crippen LogP contribution in [0.1, 0.15) is 24.6 Å². The Balaban J connectivity index is 1.77. The van der Waals surface area contributed by atoms with Gasteiger partial charge in [0, 0.05) is 24.6 Å². The lowest BCUT2D eigenvalue weighted by Gasteiger charge is -2.30. The monoisotopic (exact) mass is 282 g/mol. The molecule has 21 heavy (non-hydrogen) atoms. The van der Waals surface area contributed by atoms with Gasteiger partial charge in [-0.1, -0.05) is 36.9 Å². The molecule has 2 aromatic rings. The first-order valence-corrected chi connectivity index (χ1v) is 7.17. The van der Waals surface area contributed by atoms with E-state index in [1.807, 2.05) is 35.2 Å². The van der Waals surface area contributed by atoms with E-state index in [-0.39, 0.29) is 11.8 Å². The second kappa shape index (κ2) is 5.91. The van der Waals surface area contributed by atoms with E-state index in [1.165, 1.54) is 6.08 Å². The van der Waals surface area contributed by atoms with Gasteiger partial charge in [-0.05, 0) is 18.9 Å². The number of nitrogens with zero attached hydrogens (tertiary/aromatic N) is 3. The summed E-state index contributed by atoms with van der Waals surface area (Å²) in [7, 11) is 0. The van der Waals surface area contributed by atoms with E-state index < -0.39 is 0 Å². The molecule has 1 amide bonds. The lowest BCUT2D eigenvalue weighted by Crippen LogP contribution is -2.38. The number of aromatic nitrogens is 3.